The molecule has 0 aliphatic rings. The molecule has 0 aliphatic heterocycles. The molecule has 2 heterocycles. The van der Waals surface area contributed by atoms with E-state index in [-0.39, 0.29) is 5.56 Å². The van der Waals surface area contributed by atoms with Crippen molar-refractivity contribution in [3.05, 3.63) is 47.1 Å². The van der Waals surface area contributed by atoms with E-state index in [1.807, 2.05) is 12.3 Å². The van der Waals surface area contributed by atoms with E-state index in [0.29, 0.717) is 10.7 Å². The zero-order valence-corrected chi connectivity index (χ0v) is 10.7. The van der Waals surface area contributed by atoms with Crippen molar-refractivity contribution in [2.24, 2.45) is 0 Å². The van der Waals surface area contributed by atoms with Gasteiger partial charge in [-0.3, -0.25) is 4.40 Å². The first kappa shape index (κ1) is 12.2. The molecule has 2 aromatic heterocycles. The van der Waals surface area contributed by atoms with Gasteiger partial charge in [0.25, 0.3) is 0 Å². The van der Waals surface area contributed by atoms with E-state index in [1.54, 1.807) is 16.7 Å². The first-order valence-corrected chi connectivity index (χ1v) is 6.44. The Morgan fingerprint density at radius 1 is 1.21 bits per heavy atom. The van der Waals surface area contributed by atoms with Crippen LogP contribution in [0.1, 0.15) is 11.3 Å². The maximum atomic E-state index is 13.0. The fraction of sp³-hybridized carbons (Fsp3) is 0.154. The summed E-state index contributed by atoms with van der Waals surface area (Å²) in [5.74, 6) is 0. The Bertz CT molecular complexity index is 740. The fourth-order valence-corrected chi connectivity index (χ4v) is 2.83. The van der Waals surface area contributed by atoms with Crippen LogP contribution in [0.5, 0.6) is 0 Å². The third kappa shape index (κ3) is 2.02. The van der Waals surface area contributed by atoms with E-state index in [4.69, 9.17) is 0 Å². The number of benzene rings is 1. The highest BCUT2D eigenvalue weighted by Gasteiger charge is 2.33. The van der Waals surface area contributed by atoms with Crippen LogP contribution in [0.4, 0.5) is 13.2 Å². The van der Waals surface area contributed by atoms with Gasteiger partial charge in [0.05, 0.1) is 11.3 Å². The normalized spacial score (nSPS) is 12.2. The molecule has 0 bridgehead atoms. The van der Waals surface area contributed by atoms with Gasteiger partial charge < -0.3 is 0 Å². The monoisotopic (exact) mass is 282 g/mol. The topological polar surface area (TPSA) is 17.3 Å². The van der Waals surface area contributed by atoms with Crippen LogP contribution in [0.2, 0.25) is 0 Å². The van der Waals surface area contributed by atoms with E-state index in [2.05, 4.69) is 4.98 Å². The molecule has 19 heavy (non-hydrogen) atoms. The minimum atomic E-state index is -4.37. The van der Waals surface area contributed by atoms with E-state index < -0.39 is 11.7 Å². The van der Waals surface area contributed by atoms with Crippen LogP contribution in [-0.4, -0.2) is 9.38 Å². The standard InChI is InChI=1S/C13H9F3N2S/c1-8-7-19-12-17-11(6-18(8)12)9-4-2-3-5-10(9)13(14,15)16/h2-7H,1H3. The van der Waals surface area contributed by atoms with Crippen LogP contribution in [0.25, 0.3) is 16.2 Å². The molecule has 0 spiro atoms. The van der Waals surface area contributed by atoms with Crippen molar-refractivity contribution in [3.63, 3.8) is 0 Å². The van der Waals surface area contributed by atoms with Gasteiger partial charge in [-0.1, -0.05) is 18.2 Å². The Hall–Kier alpha value is -1.82. The van der Waals surface area contributed by atoms with E-state index >= 15 is 0 Å². The van der Waals surface area contributed by atoms with E-state index in [9.17, 15) is 13.2 Å². The first-order chi connectivity index (χ1) is 8.97. The van der Waals surface area contributed by atoms with Crippen LogP contribution < -0.4 is 0 Å². The van der Waals surface area contributed by atoms with Crippen molar-refractivity contribution in [3.8, 4) is 11.3 Å². The molecule has 0 atom stereocenters. The SMILES string of the molecule is Cc1csc2nc(-c3ccccc3C(F)(F)F)cn12. The highest BCUT2D eigenvalue weighted by atomic mass is 32.1. The molecule has 0 saturated heterocycles. The van der Waals surface area contributed by atoms with Gasteiger partial charge in [-0.2, -0.15) is 13.2 Å². The highest BCUT2D eigenvalue weighted by molar-refractivity contribution is 7.15. The van der Waals surface area contributed by atoms with Gasteiger partial charge in [-0.15, -0.1) is 11.3 Å². The summed E-state index contributed by atoms with van der Waals surface area (Å²) in [6, 6.07) is 5.50. The van der Waals surface area contributed by atoms with Gasteiger partial charge >= 0.3 is 6.18 Å². The van der Waals surface area contributed by atoms with Gasteiger partial charge in [0, 0.05) is 22.8 Å². The largest absolute Gasteiger partial charge is 0.417 e. The molecule has 0 N–H and O–H groups in total. The minimum Gasteiger partial charge on any atom is -0.294 e. The number of fused-ring (bicyclic) bond motifs is 1. The molecular formula is C13H9F3N2S. The maximum Gasteiger partial charge on any atom is 0.417 e. The second-order valence-electron chi connectivity index (χ2n) is 4.20. The van der Waals surface area contributed by atoms with E-state index in [1.165, 1.54) is 23.5 Å². The second-order valence-corrected chi connectivity index (χ2v) is 5.04. The summed E-state index contributed by atoms with van der Waals surface area (Å²) in [6.07, 6.45) is -2.73. The van der Waals surface area contributed by atoms with Crippen LogP contribution in [0.3, 0.4) is 0 Å². The number of rotatable bonds is 1. The van der Waals surface area contributed by atoms with Crippen molar-refractivity contribution in [1.29, 1.82) is 0 Å². The van der Waals surface area contributed by atoms with Crippen LogP contribution in [-0.2, 0) is 6.18 Å². The molecule has 0 radical (unpaired) electrons. The molecule has 3 rings (SSSR count). The number of hydrogen-bond acceptors (Lipinski definition) is 2. The summed E-state index contributed by atoms with van der Waals surface area (Å²) in [5.41, 5.74) is 0.773. The molecule has 0 saturated carbocycles. The lowest BCUT2D eigenvalue weighted by molar-refractivity contribution is -0.137. The summed E-state index contributed by atoms with van der Waals surface area (Å²) in [7, 11) is 0. The van der Waals surface area contributed by atoms with Crippen molar-refractivity contribution >= 4 is 16.3 Å². The molecule has 0 fully saturated rings. The van der Waals surface area contributed by atoms with E-state index in [0.717, 1.165) is 11.8 Å². The van der Waals surface area contributed by atoms with Gasteiger partial charge in [-0.25, -0.2) is 4.98 Å². The predicted octanol–water partition coefficient (Wildman–Crippen LogP) is 4.39. The van der Waals surface area contributed by atoms with Crippen molar-refractivity contribution in [2.75, 3.05) is 0 Å². The smallest absolute Gasteiger partial charge is 0.294 e. The predicted molar refractivity (Wildman–Crippen MR) is 68.2 cm³/mol. The summed E-state index contributed by atoms with van der Waals surface area (Å²) in [6.45, 7) is 1.89. The summed E-state index contributed by atoms with van der Waals surface area (Å²) >= 11 is 1.41. The van der Waals surface area contributed by atoms with Crippen molar-refractivity contribution < 1.29 is 13.2 Å². The molecule has 1 aromatic carbocycles. The van der Waals surface area contributed by atoms with Crippen molar-refractivity contribution in [2.45, 2.75) is 13.1 Å². The Kier molecular flexibility index (Phi) is 2.63. The molecular weight excluding hydrogens is 273 g/mol. The van der Waals surface area contributed by atoms with Crippen LogP contribution in [0, 0.1) is 6.92 Å². The number of imidazole rings is 1. The maximum absolute atomic E-state index is 13.0. The second kappa shape index (κ2) is 4.09. The highest BCUT2D eigenvalue weighted by Crippen LogP contribution is 2.36. The lowest BCUT2D eigenvalue weighted by Crippen LogP contribution is -2.06. The number of alkyl halides is 3. The molecule has 2 nitrogen and oxygen atoms in total. The summed E-state index contributed by atoms with van der Waals surface area (Å²) in [4.78, 5) is 4.96. The average molecular weight is 282 g/mol. The van der Waals surface area contributed by atoms with Gasteiger partial charge in [0.2, 0.25) is 0 Å². The third-order valence-electron chi connectivity index (χ3n) is 2.90. The fourth-order valence-electron chi connectivity index (χ4n) is 1.98. The molecule has 3 aromatic rings. The Morgan fingerprint density at radius 2 is 1.95 bits per heavy atom. The number of halogens is 3. The van der Waals surface area contributed by atoms with Crippen LogP contribution in [0.15, 0.2) is 35.8 Å². The quantitative estimate of drug-likeness (QED) is 0.647. The number of hydrogen-bond donors (Lipinski definition) is 0. The van der Waals surface area contributed by atoms with Gasteiger partial charge in [-0.05, 0) is 13.0 Å². The molecule has 0 aliphatic carbocycles. The summed E-state index contributed by atoms with van der Waals surface area (Å²) in [5, 5.41) is 1.92. The minimum absolute atomic E-state index is 0.116. The average Bonchev–Trinajstić information content (AvgIpc) is 2.91. The molecule has 0 amide bonds. The third-order valence-corrected chi connectivity index (χ3v) is 3.85. The summed E-state index contributed by atoms with van der Waals surface area (Å²) < 4.78 is 40.7. The lowest BCUT2D eigenvalue weighted by atomic mass is 10.1. The zero-order valence-electron chi connectivity index (χ0n) is 9.90. The van der Waals surface area contributed by atoms with Gasteiger partial charge in [0.15, 0.2) is 4.96 Å². The number of nitrogens with zero attached hydrogens (tertiary/aromatic N) is 2. The molecule has 98 valence electrons. The Labute approximate surface area is 111 Å². The van der Waals surface area contributed by atoms with Gasteiger partial charge in [0.1, 0.15) is 0 Å². The Morgan fingerprint density at radius 3 is 2.63 bits per heavy atom. The lowest BCUT2D eigenvalue weighted by Gasteiger charge is -2.10. The number of aromatic nitrogens is 2. The first-order valence-electron chi connectivity index (χ1n) is 5.56. The number of aryl methyl sites for hydroxylation is 1. The molecule has 6 heteroatoms. The molecule has 0 unspecified atom stereocenters. The Balaban J connectivity index is 2.21. The van der Waals surface area contributed by atoms with Crippen molar-refractivity contribution in [1.82, 2.24) is 9.38 Å². The number of thiazole rings is 1. The van der Waals surface area contributed by atoms with Crippen LogP contribution >= 0.6 is 11.3 Å². The zero-order chi connectivity index (χ0) is 13.6.